The molecule has 16 heavy (non-hydrogen) atoms. The summed E-state index contributed by atoms with van der Waals surface area (Å²) in [5.74, 6) is 0.432. The maximum Gasteiger partial charge on any atom is 0.247 e. The first kappa shape index (κ1) is 10.7. The summed E-state index contributed by atoms with van der Waals surface area (Å²) in [6.45, 7) is 13.2. The van der Waals surface area contributed by atoms with Crippen LogP contribution in [0.1, 0.15) is 44.0 Å². The van der Waals surface area contributed by atoms with Crippen LogP contribution in [0, 0.1) is 6.57 Å². The summed E-state index contributed by atoms with van der Waals surface area (Å²) < 4.78 is 2.01. The molecule has 1 unspecified atom stereocenters. The average molecular weight is 213 g/mol. The predicted octanol–water partition coefficient (Wildman–Crippen LogP) is 3.44. The van der Waals surface area contributed by atoms with Crippen LogP contribution in [0.5, 0.6) is 0 Å². The second kappa shape index (κ2) is 3.97. The summed E-state index contributed by atoms with van der Waals surface area (Å²) in [7, 11) is 0. The lowest BCUT2D eigenvalue weighted by Gasteiger charge is -2.00. The van der Waals surface area contributed by atoms with Crippen molar-refractivity contribution in [2.24, 2.45) is 0 Å². The molecule has 1 atom stereocenters. The zero-order valence-electron chi connectivity index (χ0n) is 9.81. The lowest BCUT2D eigenvalue weighted by atomic mass is 10.1. The van der Waals surface area contributed by atoms with E-state index < -0.39 is 0 Å². The van der Waals surface area contributed by atoms with Gasteiger partial charge in [-0.2, -0.15) is 0 Å². The van der Waals surface area contributed by atoms with E-state index in [-0.39, 0.29) is 6.04 Å². The van der Waals surface area contributed by atoms with Crippen molar-refractivity contribution >= 4 is 5.65 Å². The molecule has 0 aliphatic heterocycles. The number of aromatic nitrogens is 2. The van der Waals surface area contributed by atoms with Crippen LogP contribution < -0.4 is 0 Å². The Kier molecular flexibility index (Phi) is 2.66. The molecule has 0 saturated heterocycles. The Morgan fingerprint density at radius 2 is 2.00 bits per heavy atom. The monoisotopic (exact) mass is 213 g/mol. The van der Waals surface area contributed by atoms with Crippen molar-refractivity contribution in [1.29, 1.82) is 0 Å². The van der Waals surface area contributed by atoms with Crippen LogP contribution in [0.15, 0.2) is 24.5 Å². The number of nitrogens with zero attached hydrogens (tertiary/aromatic N) is 3. The zero-order valence-corrected chi connectivity index (χ0v) is 9.81. The molecule has 3 nitrogen and oxygen atoms in total. The number of hydrogen-bond acceptors (Lipinski definition) is 1. The summed E-state index contributed by atoms with van der Waals surface area (Å²) in [6, 6.07) is 3.87. The topological polar surface area (TPSA) is 21.7 Å². The second-order valence-corrected chi connectivity index (χ2v) is 4.35. The summed E-state index contributed by atoms with van der Waals surface area (Å²) in [5, 5.41) is 0. The predicted molar refractivity (Wildman–Crippen MR) is 64.3 cm³/mol. The Morgan fingerprint density at radius 1 is 1.25 bits per heavy atom. The fourth-order valence-electron chi connectivity index (χ4n) is 1.63. The molecule has 2 aromatic rings. The minimum atomic E-state index is -0.0886. The average Bonchev–Trinajstić information content (AvgIpc) is 2.70. The third-order valence-electron chi connectivity index (χ3n) is 2.76. The highest BCUT2D eigenvalue weighted by Crippen LogP contribution is 2.19. The van der Waals surface area contributed by atoms with E-state index in [9.17, 15) is 0 Å². The molecule has 82 valence electrons. The van der Waals surface area contributed by atoms with Gasteiger partial charge in [0.15, 0.2) is 0 Å². The summed E-state index contributed by atoms with van der Waals surface area (Å²) in [4.78, 5) is 8.05. The van der Waals surface area contributed by atoms with Gasteiger partial charge in [-0.25, -0.2) is 11.6 Å². The molecule has 0 radical (unpaired) electrons. The first-order chi connectivity index (χ1) is 7.61. The smallest absolute Gasteiger partial charge is 0.247 e. The molecule has 0 aromatic carbocycles. The molecule has 2 rings (SSSR count). The summed E-state index contributed by atoms with van der Waals surface area (Å²) in [6.07, 6.45) is 4.04. The second-order valence-electron chi connectivity index (χ2n) is 4.35. The standard InChI is InChI=1S/C13H15N3/c1-9(2)12-8-16-7-11(10(3)14-4)5-6-13(16)15-12/h5-10H,1-3H3. The Balaban J connectivity index is 2.50. The molecule has 3 heteroatoms. The first-order valence-corrected chi connectivity index (χ1v) is 5.47. The lowest BCUT2D eigenvalue weighted by Crippen LogP contribution is -1.91. The van der Waals surface area contributed by atoms with Gasteiger partial charge in [0.2, 0.25) is 6.04 Å². The van der Waals surface area contributed by atoms with Gasteiger partial charge in [0, 0.05) is 19.3 Å². The van der Waals surface area contributed by atoms with E-state index in [1.54, 1.807) is 0 Å². The van der Waals surface area contributed by atoms with Crippen molar-refractivity contribution in [2.45, 2.75) is 32.7 Å². The number of imidazole rings is 1. The van der Waals surface area contributed by atoms with Gasteiger partial charge in [0.05, 0.1) is 11.3 Å². The zero-order chi connectivity index (χ0) is 11.7. The Morgan fingerprint density at radius 3 is 2.62 bits per heavy atom. The van der Waals surface area contributed by atoms with Crippen LogP contribution in [0.2, 0.25) is 0 Å². The van der Waals surface area contributed by atoms with Gasteiger partial charge in [-0.1, -0.05) is 13.8 Å². The van der Waals surface area contributed by atoms with E-state index in [1.165, 1.54) is 0 Å². The number of hydrogen-bond donors (Lipinski definition) is 0. The van der Waals surface area contributed by atoms with E-state index in [0.717, 1.165) is 16.9 Å². The van der Waals surface area contributed by atoms with Gasteiger partial charge < -0.3 is 9.25 Å². The number of fused-ring (bicyclic) bond motifs is 1. The van der Waals surface area contributed by atoms with Crippen molar-refractivity contribution in [2.75, 3.05) is 0 Å². The molecule has 0 spiro atoms. The Bertz CT molecular complexity index is 546. The highest BCUT2D eigenvalue weighted by atomic mass is 15.0. The minimum Gasteiger partial charge on any atom is -0.309 e. The van der Waals surface area contributed by atoms with Crippen LogP contribution in [0.3, 0.4) is 0 Å². The molecule has 0 amide bonds. The molecule has 2 aromatic heterocycles. The SMILES string of the molecule is [C-]#[N+]C(C)c1ccc2nc(C(C)C)cn2c1. The third-order valence-corrected chi connectivity index (χ3v) is 2.76. The van der Waals surface area contributed by atoms with Gasteiger partial charge >= 0.3 is 0 Å². The molecule has 0 aliphatic rings. The quantitative estimate of drug-likeness (QED) is 0.700. The van der Waals surface area contributed by atoms with E-state index in [4.69, 9.17) is 6.57 Å². The van der Waals surface area contributed by atoms with Crippen molar-refractivity contribution in [1.82, 2.24) is 9.38 Å². The highest BCUT2D eigenvalue weighted by Gasteiger charge is 2.11. The lowest BCUT2D eigenvalue weighted by molar-refractivity contribution is 0.834. The molecule has 0 aliphatic carbocycles. The third kappa shape index (κ3) is 1.79. The molecular formula is C13H15N3. The first-order valence-electron chi connectivity index (χ1n) is 5.47. The van der Waals surface area contributed by atoms with Crippen LogP contribution in [-0.2, 0) is 0 Å². The Labute approximate surface area is 95.6 Å². The molecule has 0 saturated carbocycles. The minimum absolute atomic E-state index is 0.0886. The van der Waals surface area contributed by atoms with Gasteiger partial charge in [0.1, 0.15) is 5.65 Å². The van der Waals surface area contributed by atoms with E-state index in [0.29, 0.717) is 5.92 Å². The largest absolute Gasteiger partial charge is 0.309 e. The maximum atomic E-state index is 7.03. The van der Waals surface area contributed by atoms with E-state index in [2.05, 4.69) is 23.7 Å². The number of pyridine rings is 1. The fraction of sp³-hybridized carbons (Fsp3) is 0.385. The summed E-state index contributed by atoms with van der Waals surface area (Å²) in [5.41, 5.74) is 3.08. The molecule has 0 fully saturated rings. The van der Waals surface area contributed by atoms with Gasteiger partial charge in [0.25, 0.3) is 0 Å². The Hall–Kier alpha value is -1.82. The maximum absolute atomic E-state index is 7.03. The molecular weight excluding hydrogens is 198 g/mol. The van der Waals surface area contributed by atoms with Crippen molar-refractivity contribution in [3.63, 3.8) is 0 Å². The van der Waals surface area contributed by atoms with Crippen LogP contribution in [0.25, 0.3) is 10.5 Å². The van der Waals surface area contributed by atoms with Crippen molar-refractivity contribution in [3.8, 4) is 0 Å². The van der Waals surface area contributed by atoms with E-state index >= 15 is 0 Å². The molecule has 0 N–H and O–H groups in total. The normalized spacial score (nSPS) is 12.9. The molecule has 0 bridgehead atoms. The van der Waals surface area contributed by atoms with Gasteiger partial charge in [-0.05, 0) is 18.1 Å². The van der Waals surface area contributed by atoms with E-state index in [1.807, 2.05) is 35.9 Å². The summed E-state index contributed by atoms with van der Waals surface area (Å²) >= 11 is 0. The molecule has 2 heterocycles. The fourth-order valence-corrected chi connectivity index (χ4v) is 1.63. The van der Waals surface area contributed by atoms with Crippen LogP contribution >= 0.6 is 0 Å². The van der Waals surface area contributed by atoms with Crippen LogP contribution in [0.4, 0.5) is 0 Å². The van der Waals surface area contributed by atoms with Crippen molar-refractivity contribution < 1.29 is 0 Å². The van der Waals surface area contributed by atoms with Gasteiger partial charge in [-0.15, -0.1) is 0 Å². The number of rotatable bonds is 2. The van der Waals surface area contributed by atoms with Crippen molar-refractivity contribution in [3.05, 3.63) is 47.2 Å². The van der Waals surface area contributed by atoms with Crippen LogP contribution in [-0.4, -0.2) is 9.38 Å². The highest BCUT2D eigenvalue weighted by molar-refractivity contribution is 5.42. The van der Waals surface area contributed by atoms with Gasteiger partial charge in [-0.3, -0.25) is 0 Å².